The highest BCUT2D eigenvalue weighted by atomic mass is 19.3. The van der Waals surface area contributed by atoms with Gasteiger partial charge in [0.1, 0.15) is 5.69 Å². The van der Waals surface area contributed by atoms with E-state index >= 15 is 0 Å². The molecule has 0 fully saturated rings. The third-order valence-electron chi connectivity index (χ3n) is 1.91. The van der Waals surface area contributed by atoms with Crippen molar-refractivity contribution in [1.82, 2.24) is 9.78 Å². The van der Waals surface area contributed by atoms with Crippen molar-refractivity contribution in [2.75, 3.05) is 13.7 Å². The second kappa shape index (κ2) is 3.93. The molecule has 0 saturated heterocycles. The summed E-state index contributed by atoms with van der Waals surface area (Å²) < 4.78 is 31.7. The van der Waals surface area contributed by atoms with Gasteiger partial charge in [-0.05, 0) is 0 Å². The molecule has 2 N–H and O–H groups in total. The zero-order valence-electron chi connectivity index (χ0n) is 8.33. The summed E-state index contributed by atoms with van der Waals surface area (Å²) in [5, 5.41) is 3.60. The topological polar surface area (TPSA) is 70.1 Å². The van der Waals surface area contributed by atoms with Crippen LogP contribution in [0.25, 0.3) is 0 Å². The monoisotopic (exact) mass is 219 g/mol. The van der Waals surface area contributed by atoms with E-state index in [1.807, 2.05) is 0 Å². The number of halogens is 2. The minimum Gasteiger partial charge on any atom is -0.464 e. The first kappa shape index (κ1) is 11.6. The zero-order valence-corrected chi connectivity index (χ0v) is 8.33. The van der Waals surface area contributed by atoms with Crippen LogP contribution in [0.5, 0.6) is 0 Å². The van der Waals surface area contributed by atoms with Gasteiger partial charge >= 0.3 is 11.9 Å². The molecule has 0 aliphatic rings. The van der Waals surface area contributed by atoms with Crippen molar-refractivity contribution < 1.29 is 18.3 Å². The molecule has 0 spiro atoms. The Morgan fingerprint density at radius 2 is 2.33 bits per heavy atom. The molecule has 0 atom stereocenters. The standard InChI is InChI=1S/C8H11F2N3O2/c1-13-6(8(9,10)4-11)3-5(12-13)7(14)15-2/h3H,4,11H2,1-2H3. The van der Waals surface area contributed by atoms with E-state index in [-0.39, 0.29) is 5.69 Å². The van der Waals surface area contributed by atoms with Gasteiger partial charge in [-0.3, -0.25) is 4.68 Å². The lowest BCUT2D eigenvalue weighted by Gasteiger charge is -2.12. The predicted molar refractivity (Wildman–Crippen MR) is 47.5 cm³/mol. The van der Waals surface area contributed by atoms with Crippen LogP contribution in [-0.2, 0) is 17.7 Å². The number of carbonyl (C=O) groups excluding carboxylic acids is 1. The second-order valence-electron chi connectivity index (χ2n) is 2.94. The first-order chi connectivity index (χ1) is 6.92. The Morgan fingerprint density at radius 1 is 1.73 bits per heavy atom. The molecule has 0 saturated carbocycles. The molecule has 5 nitrogen and oxygen atoms in total. The molecule has 0 unspecified atom stereocenters. The van der Waals surface area contributed by atoms with E-state index in [0.29, 0.717) is 0 Å². The number of nitrogens with two attached hydrogens (primary N) is 1. The number of carbonyl (C=O) groups is 1. The Hall–Kier alpha value is -1.50. The molecule has 84 valence electrons. The number of esters is 1. The maximum absolute atomic E-state index is 13.2. The fraction of sp³-hybridized carbons (Fsp3) is 0.500. The third-order valence-corrected chi connectivity index (χ3v) is 1.91. The molecule has 0 bridgehead atoms. The van der Waals surface area contributed by atoms with Crippen LogP contribution in [0.3, 0.4) is 0 Å². The molecule has 1 aromatic heterocycles. The number of ether oxygens (including phenoxy) is 1. The highest BCUT2D eigenvalue weighted by molar-refractivity contribution is 5.87. The number of aromatic nitrogens is 2. The number of aryl methyl sites for hydroxylation is 1. The third kappa shape index (κ3) is 2.12. The van der Waals surface area contributed by atoms with Gasteiger partial charge in [0.05, 0.1) is 13.7 Å². The van der Waals surface area contributed by atoms with Crippen LogP contribution in [0.4, 0.5) is 8.78 Å². The highest BCUT2D eigenvalue weighted by Gasteiger charge is 2.34. The largest absolute Gasteiger partial charge is 0.464 e. The lowest BCUT2D eigenvalue weighted by atomic mass is 10.2. The van der Waals surface area contributed by atoms with E-state index in [0.717, 1.165) is 17.9 Å². The van der Waals surface area contributed by atoms with Crippen molar-refractivity contribution in [3.63, 3.8) is 0 Å². The lowest BCUT2D eigenvalue weighted by molar-refractivity contribution is -0.00238. The molecule has 1 heterocycles. The Balaban J connectivity index is 3.12. The van der Waals surface area contributed by atoms with Crippen LogP contribution in [0.1, 0.15) is 16.2 Å². The van der Waals surface area contributed by atoms with Gasteiger partial charge in [-0.25, -0.2) is 4.79 Å². The normalized spacial score (nSPS) is 11.5. The summed E-state index contributed by atoms with van der Waals surface area (Å²) in [7, 11) is 2.46. The Morgan fingerprint density at radius 3 is 2.80 bits per heavy atom. The van der Waals surface area contributed by atoms with Crippen molar-refractivity contribution in [3.8, 4) is 0 Å². The van der Waals surface area contributed by atoms with E-state index in [1.54, 1.807) is 0 Å². The average molecular weight is 219 g/mol. The predicted octanol–water partition coefficient (Wildman–Crippen LogP) is 0.257. The van der Waals surface area contributed by atoms with Gasteiger partial charge in [-0.1, -0.05) is 0 Å². The number of nitrogens with zero attached hydrogens (tertiary/aromatic N) is 2. The number of alkyl halides is 2. The Kier molecular flexibility index (Phi) is 3.04. The van der Waals surface area contributed by atoms with E-state index in [4.69, 9.17) is 5.73 Å². The first-order valence-corrected chi connectivity index (χ1v) is 4.13. The van der Waals surface area contributed by atoms with E-state index in [9.17, 15) is 13.6 Å². The Labute approximate surface area is 84.8 Å². The molecule has 1 rings (SSSR count). The van der Waals surface area contributed by atoms with Gasteiger partial charge in [0.15, 0.2) is 5.69 Å². The van der Waals surface area contributed by atoms with Gasteiger partial charge in [0.25, 0.3) is 0 Å². The molecular formula is C8H11F2N3O2. The maximum atomic E-state index is 13.2. The summed E-state index contributed by atoms with van der Waals surface area (Å²) in [4.78, 5) is 11.0. The van der Waals surface area contributed by atoms with Crippen LogP contribution in [0.2, 0.25) is 0 Å². The molecule has 15 heavy (non-hydrogen) atoms. The lowest BCUT2D eigenvalue weighted by Crippen LogP contribution is -2.27. The smallest absolute Gasteiger partial charge is 0.358 e. The van der Waals surface area contributed by atoms with E-state index < -0.39 is 24.1 Å². The summed E-state index contributed by atoms with van der Waals surface area (Å²) in [6.07, 6.45) is 0. The average Bonchev–Trinajstić information content (AvgIpc) is 2.60. The van der Waals surface area contributed by atoms with Crippen LogP contribution < -0.4 is 5.73 Å². The quantitative estimate of drug-likeness (QED) is 0.740. The minimum absolute atomic E-state index is 0.164. The molecular weight excluding hydrogens is 208 g/mol. The van der Waals surface area contributed by atoms with Crippen molar-refractivity contribution in [2.45, 2.75) is 5.92 Å². The van der Waals surface area contributed by atoms with Crippen molar-refractivity contribution in [1.29, 1.82) is 0 Å². The first-order valence-electron chi connectivity index (χ1n) is 4.13. The molecule has 0 aliphatic heterocycles. The van der Waals surface area contributed by atoms with Crippen LogP contribution in [-0.4, -0.2) is 29.4 Å². The van der Waals surface area contributed by atoms with Gasteiger partial charge < -0.3 is 10.5 Å². The Bertz CT molecular complexity index is 376. The molecule has 7 heteroatoms. The number of methoxy groups -OCH3 is 1. The summed E-state index contributed by atoms with van der Waals surface area (Å²) >= 11 is 0. The molecule has 0 radical (unpaired) electrons. The number of hydrogen-bond acceptors (Lipinski definition) is 4. The van der Waals surface area contributed by atoms with Gasteiger partial charge in [0, 0.05) is 13.1 Å². The van der Waals surface area contributed by atoms with Crippen molar-refractivity contribution in [2.24, 2.45) is 12.8 Å². The SMILES string of the molecule is COC(=O)c1cc(C(F)(F)CN)n(C)n1. The summed E-state index contributed by atoms with van der Waals surface area (Å²) in [6, 6.07) is 0.971. The molecule has 0 aromatic carbocycles. The van der Waals surface area contributed by atoms with E-state index in [2.05, 4.69) is 9.84 Å². The molecule has 1 aromatic rings. The second-order valence-corrected chi connectivity index (χ2v) is 2.94. The van der Waals surface area contributed by atoms with E-state index in [1.165, 1.54) is 7.05 Å². The zero-order chi connectivity index (χ0) is 11.6. The minimum atomic E-state index is -3.20. The number of rotatable bonds is 3. The summed E-state index contributed by atoms with van der Waals surface area (Å²) in [5.41, 5.74) is 4.34. The van der Waals surface area contributed by atoms with Crippen LogP contribution in [0.15, 0.2) is 6.07 Å². The van der Waals surface area contributed by atoms with Gasteiger partial charge in [-0.2, -0.15) is 13.9 Å². The van der Waals surface area contributed by atoms with Crippen molar-refractivity contribution >= 4 is 5.97 Å². The fourth-order valence-electron chi connectivity index (χ4n) is 1.12. The summed E-state index contributed by atoms with van der Waals surface area (Å²) in [6.45, 7) is -0.840. The summed E-state index contributed by atoms with van der Waals surface area (Å²) in [5.74, 6) is -3.96. The maximum Gasteiger partial charge on any atom is 0.358 e. The van der Waals surface area contributed by atoms with Gasteiger partial charge in [-0.15, -0.1) is 0 Å². The molecule has 0 amide bonds. The van der Waals surface area contributed by atoms with Gasteiger partial charge in [0.2, 0.25) is 0 Å². The number of hydrogen-bond donors (Lipinski definition) is 1. The molecule has 0 aliphatic carbocycles. The van der Waals surface area contributed by atoms with Crippen molar-refractivity contribution in [3.05, 3.63) is 17.5 Å². The van der Waals surface area contributed by atoms with Crippen LogP contribution in [0, 0.1) is 0 Å². The fourth-order valence-corrected chi connectivity index (χ4v) is 1.12. The van der Waals surface area contributed by atoms with Crippen LogP contribution >= 0.6 is 0 Å². The highest BCUT2D eigenvalue weighted by Crippen LogP contribution is 2.26.